The average molecular weight is 154 g/mol. The van der Waals surface area contributed by atoms with Crippen LogP contribution in [-0.2, 0) is 0 Å². The van der Waals surface area contributed by atoms with Gasteiger partial charge in [0.15, 0.2) is 0 Å². The Morgan fingerprint density at radius 1 is 1.45 bits per heavy atom. The topological polar surface area (TPSA) is 31.5 Å². The van der Waals surface area contributed by atoms with Crippen molar-refractivity contribution >= 4 is 0 Å². The first-order valence-corrected chi connectivity index (χ1v) is 4.28. The second kappa shape index (κ2) is 6.17. The number of allylic oxidation sites excluding steroid dienone is 4. The zero-order valence-corrected chi connectivity index (χ0v) is 7.27. The third-order valence-corrected chi connectivity index (χ3v) is 1.91. The highest BCUT2D eigenvalue weighted by Gasteiger charge is 1.96. The summed E-state index contributed by atoms with van der Waals surface area (Å²) in [6.45, 7) is 2.25. The monoisotopic (exact) mass is 154 g/mol. The maximum absolute atomic E-state index is 2.29. The molecule has 0 bridgehead atoms. The molecule has 11 heavy (non-hydrogen) atoms. The van der Waals surface area contributed by atoms with Gasteiger partial charge in [-0.1, -0.05) is 37.1 Å². The first-order chi connectivity index (χ1) is 4.93. The summed E-state index contributed by atoms with van der Waals surface area (Å²) in [5, 5.41) is 0. The Balaban J connectivity index is 0.000001000. The lowest BCUT2D eigenvalue weighted by molar-refractivity contribution is 0.776. The minimum atomic E-state index is 0. The molecule has 0 aromatic carbocycles. The van der Waals surface area contributed by atoms with Gasteiger partial charge in [0.25, 0.3) is 0 Å². The van der Waals surface area contributed by atoms with Gasteiger partial charge in [-0.15, -0.1) is 0 Å². The molecule has 64 valence electrons. The summed E-state index contributed by atoms with van der Waals surface area (Å²) in [7, 11) is 0. The number of hydrogen-bond acceptors (Lipinski definition) is 0. The van der Waals surface area contributed by atoms with Crippen molar-refractivity contribution in [3.05, 3.63) is 23.8 Å². The van der Waals surface area contributed by atoms with Gasteiger partial charge >= 0.3 is 0 Å². The molecule has 0 spiro atoms. The van der Waals surface area contributed by atoms with Crippen LogP contribution in [0, 0.1) is 0 Å². The fraction of sp³-hybridized carbons (Fsp3) is 0.600. The van der Waals surface area contributed by atoms with Gasteiger partial charge in [0, 0.05) is 0 Å². The molecule has 0 aliphatic heterocycles. The van der Waals surface area contributed by atoms with E-state index in [1.165, 1.54) is 32.1 Å². The van der Waals surface area contributed by atoms with E-state index in [9.17, 15) is 0 Å². The van der Waals surface area contributed by atoms with E-state index in [0.717, 1.165) is 0 Å². The average Bonchev–Trinajstić information content (AvgIpc) is 2.17. The molecule has 2 N–H and O–H groups in total. The lowest BCUT2D eigenvalue weighted by atomic mass is 10.1. The largest absolute Gasteiger partial charge is 0.412 e. The summed E-state index contributed by atoms with van der Waals surface area (Å²) in [6, 6.07) is 0. The summed E-state index contributed by atoms with van der Waals surface area (Å²) in [4.78, 5) is 0. The van der Waals surface area contributed by atoms with Gasteiger partial charge in [0.2, 0.25) is 0 Å². The van der Waals surface area contributed by atoms with Gasteiger partial charge in [0.1, 0.15) is 0 Å². The van der Waals surface area contributed by atoms with Crippen molar-refractivity contribution in [3.8, 4) is 0 Å². The predicted octanol–water partition coefficient (Wildman–Crippen LogP) is 2.63. The summed E-state index contributed by atoms with van der Waals surface area (Å²) in [5.74, 6) is 0. The summed E-state index contributed by atoms with van der Waals surface area (Å²) >= 11 is 0. The molecule has 0 amide bonds. The van der Waals surface area contributed by atoms with Crippen LogP contribution in [0.2, 0.25) is 0 Å². The van der Waals surface area contributed by atoms with E-state index in [1.54, 1.807) is 5.57 Å². The minimum absolute atomic E-state index is 0. The smallest absolute Gasteiger partial charge is 0.0314 e. The molecular formula is C10H18O. The molecule has 0 aromatic heterocycles. The SMILES string of the molecule is CCCC1=CC=CCCC1.O. The molecule has 1 heteroatoms. The number of hydrogen-bond donors (Lipinski definition) is 0. The Bertz CT molecular complexity index is 141. The lowest BCUT2D eigenvalue weighted by Gasteiger charge is -2.00. The van der Waals surface area contributed by atoms with Crippen LogP contribution in [0.1, 0.15) is 39.0 Å². The van der Waals surface area contributed by atoms with Crippen LogP contribution in [0.4, 0.5) is 0 Å². The van der Waals surface area contributed by atoms with Gasteiger partial charge < -0.3 is 5.48 Å². The molecule has 0 unspecified atom stereocenters. The molecule has 1 aliphatic carbocycles. The molecule has 0 saturated heterocycles. The van der Waals surface area contributed by atoms with Crippen molar-refractivity contribution in [2.45, 2.75) is 39.0 Å². The van der Waals surface area contributed by atoms with Crippen molar-refractivity contribution in [1.29, 1.82) is 0 Å². The second-order valence-electron chi connectivity index (χ2n) is 2.90. The highest BCUT2D eigenvalue weighted by atomic mass is 16.0. The van der Waals surface area contributed by atoms with E-state index < -0.39 is 0 Å². The Labute approximate surface area is 69.1 Å². The molecule has 0 saturated carbocycles. The predicted molar refractivity (Wildman–Crippen MR) is 49.6 cm³/mol. The molecule has 0 heterocycles. The van der Waals surface area contributed by atoms with E-state index in [0.29, 0.717) is 0 Å². The molecule has 0 fully saturated rings. The third kappa shape index (κ3) is 3.99. The zero-order chi connectivity index (χ0) is 7.23. The molecule has 1 aliphatic rings. The van der Waals surface area contributed by atoms with Crippen molar-refractivity contribution in [2.24, 2.45) is 0 Å². The Morgan fingerprint density at radius 3 is 3.00 bits per heavy atom. The van der Waals surface area contributed by atoms with E-state index in [4.69, 9.17) is 0 Å². The normalized spacial score (nSPS) is 16.6. The second-order valence-corrected chi connectivity index (χ2v) is 2.90. The van der Waals surface area contributed by atoms with Gasteiger partial charge in [-0.05, 0) is 25.7 Å². The molecule has 1 nitrogen and oxygen atoms in total. The Morgan fingerprint density at radius 2 is 2.27 bits per heavy atom. The first-order valence-electron chi connectivity index (χ1n) is 4.28. The molecule has 0 aromatic rings. The zero-order valence-electron chi connectivity index (χ0n) is 7.27. The molecular weight excluding hydrogens is 136 g/mol. The highest BCUT2D eigenvalue weighted by molar-refractivity contribution is 5.14. The maximum atomic E-state index is 2.29. The highest BCUT2D eigenvalue weighted by Crippen LogP contribution is 2.16. The van der Waals surface area contributed by atoms with Crippen LogP contribution < -0.4 is 0 Å². The molecule has 1 rings (SSSR count). The standard InChI is InChI=1S/C10H16.H2O/c1-2-7-10-8-5-3-4-6-9-10;/h3,5,8H,2,4,6-7,9H2,1H3;1H2. The van der Waals surface area contributed by atoms with E-state index in [2.05, 4.69) is 25.2 Å². The van der Waals surface area contributed by atoms with Crippen molar-refractivity contribution in [1.82, 2.24) is 0 Å². The van der Waals surface area contributed by atoms with Crippen LogP contribution >= 0.6 is 0 Å². The van der Waals surface area contributed by atoms with Crippen LogP contribution in [0.25, 0.3) is 0 Å². The van der Waals surface area contributed by atoms with Gasteiger partial charge in [-0.3, -0.25) is 0 Å². The minimum Gasteiger partial charge on any atom is -0.412 e. The van der Waals surface area contributed by atoms with Crippen molar-refractivity contribution in [3.63, 3.8) is 0 Å². The number of rotatable bonds is 2. The van der Waals surface area contributed by atoms with Gasteiger partial charge in [0.05, 0.1) is 0 Å². The Hall–Kier alpha value is -0.560. The van der Waals surface area contributed by atoms with Gasteiger partial charge in [-0.25, -0.2) is 0 Å². The molecule has 0 atom stereocenters. The first kappa shape index (κ1) is 10.4. The Kier molecular flexibility index (Phi) is 5.86. The van der Waals surface area contributed by atoms with E-state index in [1.807, 2.05) is 0 Å². The van der Waals surface area contributed by atoms with E-state index >= 15 is 0 Å². The van der Waals surface area contributed by atoms with Crippen LogP contribution in [-0.4, -0.2) is 5.48 Å². The van der Waals surface area contributed by atoms with Crippen LogP contribution in [0.15, 0.2) is 23.8 Å². The van der Waals surface area contributed by atoms with Crippen molar-refractivity contribution in [2.75, 3.05) is 0 Å². The lowest BCUT2D eigenvalue weighted by Crippen LogP contribution is -1.80. The van der Waals surface area contributed by atoms with Gasteiger partial charge in [-0.2, -0.15) is 0 Å². The molecule has 0 radical (unpaired) electrons. The van der Waals surface area contributed by atoms with E-state index in [-0.39, 0.29) is 5.48 Å². The third-order valence-electron chi connectivity index (χ3n) is 1.91. The fourth-order valence-corrected chi connectivity index (χ4v) is 1.36. The summed E-state index contributed by atoms with van der Waals surface area (Å²) in [5.41, 5.74) is 1.64. The maximum Gasteiger partial charge on any atom is -0.0314 e. The summed E-state index contributed by atoms with van der Waals surface area (Å²) < 4.78 is 0. The van der Waals surface area contributed by atoms with Crippen molar-refractivity contribution < 1.29 is 5.48 Å². The fourth-order valence-electron chi connectivity index (χ4n) is 1.36. The summed E-state index contributed by atoms with van der Waals surface area (Å²) in [6.07, 6.45) is 13.3. The van der Waals surface area contributed by atoms with Crippen LogP contribution in [0.3, 0.4) is 0 Å². The quantitative estimate of drug-likeness (QED) is 0.585. The van der Waals surface area contributed by atoms with Crippen LogP contribution in [0.5, 0.6) is 0 Å².